The standard InChI is InChI=1S/C25H28ClN3O2/c26-23-7-2-1-6-22(23)24-15-20-14-18(8-9-19(20)16-29(24)17-30)25(31)28-12-10-27(11-13-28)21-4-3-5-21/h1-2,6-9,14,17,21,24H,3-5,10-13,15-16H2. The number of amides is 2. The van der Waals surface area contributed by atoms with Crippen molar-refractivity contribution in [3.8, 4) is 0 Å². The van der Waals surface area contributed by atoms with E-state index in [1.807, 2.05) is 47.4 Å². The molecule has 1 saturated heterocycles. The summed E-state index contributed by atoms with van der Waals surface area (Å²) in [5, 5.41) is 0.666. The minimum Gasteiger partial charge on any atom is -0.336 e. The van der Waals surface area contributed by atoms with Crippen LogP contribution in [0, 0.1) is 0 Å². The minimum absolute atomic E-state index is 0.114. The van der Waals surface area contributed by atoms with E-state index in [2.05, 4.69) is 4.90 Å². The average molecular weight is 438 g/mol. The van der Waals surface area contributed by atoms with Crippen LogP contribution in [0.4, 0.5) is 0 Å². The third kappa shape index (κ3) is 3.97. The molecule has 5 nitrogen and oxygen atoms in total. The fourth-order valence-corrected chi connectivity index (χ4v) is 5.37. The van der Waals surface area contributed by atoms with Gasteiger partial charge in [0, 0.05) is 49.4 Å². The van der Waals surface area contributed by atoms with Crippen LogP contribution in [0.3, 0.4) is 0 Å². The van der Waals surface area contributed by atoms with Gasteiger partial charge in [-0.05, 0) is 54.2 Å². The van der Waals surface area contributed by atoms with Crippen molar-refractivity contribution in [2.24, 2.45) is 0 Å². The maximum absolute atomic E-state index is 13.2. The Kier molecular flexibility index (Phi) is 5.72. The lowest BCUT2D eigenvalue weighted by atomic mass is 9.89. The first-order chi connectivity index (χ1) is 15.1. The molecule has 162 valence electrons. The molecule has 0 N–H and O–H groups in total. The van der Waals surface area contributed by atoms with Gasteiger partial charge in [-0.1, -0.05) is 42.3 Å². The number of carbonyl (C=O) groups excluding carboxylic acids is 2. The number of fused-ring (bicyclic) bond motifs is 1. The van der Waals surface area contributed by atoms with E-state index in [1.165, 1.54) is 19.3 Å². The molecule has 1 unspecified atom stereocenters. The monoisotopic (exact) mass is 437 g/mol. The first-order valence-corrected chi connectivity index (χ1v) is 11.6. The topological polar surface area (TPSA) is 43.9 Å². The zero-order chi connectivity index (χ0) is 21.4. The lowest BCUT2D eigenvalue weighted by molar-refractivity contribution is -0.121. The maximum Gasteiger partial charge on any atom is 0.253 e. The highest BCUT2D eigenvalue weighted by molar-refractivity contribution is 6.31. The van der Waals surface area contributed by atoms with Crippen molar-refractivity contribution in [2.45, 2.75) is 44.3 Å². The lowest BCUT2D eigenvalue weighted by Gasteiger charge is -2.43. The summed E-state index contributed by atoms with van der Waals surface area (Å²) in [6, 6.07) is 14.3. The molecular weight excluding hydrogens is 410 g/mol. The number of piperazine rings is 1. The Morgan fingerprint density at radius 2 is 1.77 bits per heavy atom. The third-order valence-corrected chi connectivity index (χ3v) is 7.56. The Balaban J connectivity index is 1.33. The van der Waals surface area contributed by atoms with Crippen LogP contribution in [-0.4, -0.2) is 59.2 Å². The number of rotatable bonds is 4. The summed E-state index contributed by atoms with van der Waals surface area (Å²) in [6.45, 7) is 4.08. The fraction of sp³-hybridized carbons (Fsp3) is 0.440. The van der Waals surface area contributed by atoms with Gasteiger partial charge in [0.2, 0.25) is 6.41 Å². The zero-order valence-electron chi connectivity index (χ0n) is 17.7. The molecule has 3 aliphatic rings. The molecule has 6 heteroatoms. The number of nitrogens with zero attached hydrogens (tertiary/aromatic N) is 3. The van der Waals surface area contributed by atoms with Gasteiger partial charge in [0.1, 0.15) is 0 Å². The van der Waals surface area contributed by atoms with Crippen LogP contribution in [0.25, 0.3) is 0 Å². The van der Waals surface area contributed by atoms with Crippen LogP contribution in [0.5, 0.6) is 0 Å². The normalized spacial score (nSPS) is 22.0. The van der Waals surface area contributed by atoms with Gasteiger partial charge < -0.3 is 9.80 Å². The average Bonchev–Trinajstić information content (AvgIpc) is 2.77. The van der Waals surface area contributed by atoms with Gasteiger partial charge in [-0.3, -0.25) is 14.5 Å². The third-order valence-electron chi connectivity index (χ3n) is 7.21. The highest BCUT2D eigenvalue weighted by Gasteiger charge is 2.31. The summed E-state index contributed by atoms with van der Waals surface area (Å²) in [7, 11) is 0. The highest BCUT2D eigenvalue weighted by Crippen LogP contribution is 2.36. The Bertz CT molecular complexity index is 982. The molecule has 0 aromatic heterocycles. The minimum atomic E-state index is -0.116. The zero-order valence-corrected chi connectivity index (χ0v) is 18.4. The Morgan fingerprint density at radius 1 is 1.00 bits per heavy atom. The van der Waals surface area contributed by atoms with E-state index in [9.17, 15) is 9.59 Å². The van der Waals surface area contributed by atoms with Crippen LogP contribution in [0.1, 0.15) is 52.4 Å². The summed E-state index contributed by atoms with van der Waals surface area (Å²) in [4.78, 5) is 31.3. The Hall–Kier alpha value is -2.37. The van der Waals surface area contributed by atoms with Gasteiger partial charge >= 0.3 is 0 Å². The number of carbonyl (C=O) groups is 2. The van der Waals surface area contributed by atoms with Gasteiger partial charge in [-0.2, -0.15) is 0 Å². The molecule has 5 rings (SSSR count). The van der Waals surface area contributed by atoms with E-state index in [-0.39, 0.29) is 11.9 Å². The molecule has 2 aromatic carbocycles. The molecule has 31 heavy (non-hydrogen) atoms. The second kappa shape index (κ2) is 8.64. The van der Waals surface area contributed by atoms with E-state index in [1.54, 1.807) is 4.90 Å². The van der Waals surface area contributed by atoms with Crippen molar-refractivity contribution in [2.75, 3.05) is 26.2 Å². The van der Waals surface area contributed by atoms with Crippen LogP contribution < -0.4 is 0 Å². The van der Waals surface area contributed by atoms with Gasteiger partial charge in [-0.25, -0.2) is 0 Å². The van der Waals surface area contributed by atoms with E-state index < -0.39 is 0 Å². The van der Waals surface area contributed by atoms with E-state index >= 15 is 0 Å². The summed E-state index contributed by atoms with van der Waals surface area (Å²) >= 11 is 6.43. The molecule has 2 amide bonds. The van der Waals surface area contributed by atoms with Gasteiger partial charge in [0.15, 0.2) is 0 Å². The van der Waals surface area contributed by atoms with E-state index in [0.717, 1.165) is 60.9 Å². The van der Waals surface area contributed by atoms with Crippen LogP contribution in [-0.2, 0) is 17.8 Å². The van der Waals surface area contributed by atoms with Crippen molar-refractivity contribution >= 4 is 23.9 Å². The van der Waals surface area contributed by atoms with Crippen molar-refractivity contribution < 1.29 is 9.59 Å². The molecule has 1 atom stereocenters. The molecule has 1 saturated carbocycles. The fourth-order valence-electron chi connectivity index (χ4n) is 5.10. The van der Waals surface area contributed by atoms with Gasteiger partial charge in [-0.15, -0.1) is 0 Å². The molecule has 2 heterocycles. The smallest absolute Gasteiger partial charge is 0.253 e. The van der Waals surface area contributed by atoms with Crippen LogP contribution in [0.15, 0.2) is 42.5 Å². The number of hydrogen-bond acceptors (Lipinski definition) is 3. The van der Waals surface area contributed by atoms with Crippen molar-refractivity contribution in [3.05, 3.63) is 69.7 Å². The molecule has 2 fully saturated rings. The number of halogens is 1. The van der Waals surface area contributed by atoms with Gasteiger partial charge in [0.05, 0.1) is 6.04 Å². The predicted octanol–water partition coefficient (Wildman–Crippen LogP) is 3.91. The molecule has 0 bridgehead atoms. The number of hydrogen-bond donors (Lipinski definition) is 0. The summed E-state index contributed by atoms with van der Waals surface area (Å²) in [5.74, 6) is 0.114. The first-order valence-electron chi connectivity index (χ1n) is 11.2. The largest absolute Gasteiger partial charge is 0.336 e. The summed E-state index contributed by atoms with van der Waals surface area (Å²) in [6.07, 6.45) is 5.52. The van der Waals surface area contributed by atoms with Crippen molar-refractivity contribution in [1.29, 1.82) is 0 Å². The maximum atomic E-state index is 13.2. The quantitative estimate of drug-likeness (QED) is 0.681. The van der Waals surface area contributed by atoms with Crippen LogP contribution >= 0.6 is 11.6 Å². The summed E-state index contributed by atoms with van der Waals surface area (Å²) < 4.78 is 0. The second-order valence-corrected chi connectivity index (χ2v) is 9.32. The predicted molar refractivity (Wildman–Crippen MR) is 121 cm³/mol. The SMILES string of the molecule is O=CN1Cc2ccc(C(=O)N3CCN(C4CCC4)CC3)cc2CC1c1ccccc1Cl. The highest BCUT2D eigenvalue weighted by atomic mass is 35.5. The van der Waals surface area contributed by atoms with Crippen molar-refractivity contribution in [1.82, 2.24) is 14.7 Å². The molecular formula is C25H28ClN3O2. The van der Waals surface area contributed by atoms with Crippen molar-refractivity contribution in [3.63, 3.8) is 0 Å². The van der Waals surface area contributed by atoms with Crippen LogP contribution in [0.2, 0.25) is 5.02 Å². The molecule has 1 aliphatic carbocycles. The molecule has 0 radical (unpaired) electrons. The second-order valence-electron chi connectivity index (χ2n) is 8.92. The lowest BCUT2D eigenvalue weighted by Crippen LogP contribution is -2.53. The Morgan fingerprint density at radius 3 is 2.45 bits per heavy atom. The Labute approximate surface area is 188 Å². The molecule has 0 spiro atoms. The molecule has 2 aromatic rings. The summed E-state index contributed by atoms with van der Waals surface area (Å²) in [5.41, 5.74) is 3.92. The molecule has 2 aliphatic heterocycles. The number of benzene rings is 2. The first kappa shape index (κ1) is 20.5. The van der Waals surface area contributed by atoms with E-state index in [4.69, 9.17) is 11.6 Å². The van der Waals surface area contributed by atoms with Gasteiger partial charge in [0.25, 0.3) is 5.91 Å². The van der Waals surface area contributed by atoms with E-state index in [0.29, 0.717) is 18.0 Å².